The number of benzene rings is 2. The first kappa shape index (κ1) is 13.0. The summed E-state index contributed by atoms with van der Waals surface area (Å²) in [4.78, 5) is 11.4. The van der Waals surface area contributed by atoms with Crippen LogP contribution in [0.2, 0.25) is 0 Å². The van der Waals surface area contributed by atoms with Gasteiger partial charge in [0, 0.05) is 0 Å². The van der Waals surface area contributed by atoms with E-state index >= 15 is 0 Å². The lowest BCUT2D eigenvalue weighted by Gasteiger charge is -2.10. The minimum Gasteiger partial charge on any atom is -0.487 e. The van der Waals surface area contributed by atoms with Crippen molar-refractivity contribution in [3.63, 3.8) is 0 Å². The van der Waals surface area contributed by atoms with Crippen molar-refractivity contribution in [2.24, 2.45) is 0 Å². The summed E-state index contributed by atoms with van der Waals surface area (Å²) < 4.78 is 10.3. The lowest BCUT2D eigenvalue weighted by Crippen LogP contribution is -2.04. The van der Waals surface area contributed by atoms with Crippen LogP contribution in [-0.4, -0.2) is 13.1 Å². The third-order valence-electron chi connectivity index (χ3n) is 2.67. The van der Waals surface area contributed by atoms with E-state index in [0.29, 0.717) is 23.6 Å². The Bertz CT molecular complexity index is 567. The first-order valence-corrected chi connectivity index (χ1v) is 5.85. The number of methoxy groups -OCH3 is 1. The predicted molar refractivity (Wildman–Crippen MR) is 73.0 cm³/mol. The molecule has 4 nitrogen and oxygen atoms in total. The summed E-state index contributed by atoms with van der Waals surface area (Å²) in [7, 11) is 1.34. The fourth-order valence-electron chi connectivity index (χ4n) is 1.64. The zero-order valence-corrected chi connectivity index (χ0v) is 10.6. The standard InChI is InChI=1S/C15H15NO3/c1-18-15(17)12-7-8-13(16)14(9-12)19-10-11-5-3-2-4-6-11/h2-9H,10,16H2,1H3. The number of nitrogen functional groups attached to an aromatic ring is 1. The van der Waals surface area contributed by atoms with Crippen LogP contribution in [0.5, 0.6) is 5.75 Å². The Balaban J connectivity index is 2.13. The highest BCUT2D eigenvalue weighted by Gasteiger charge is 2.09. The molecule has 0 fully saturated rings. The van der Waals surface area contributed by atoms with E-state index < -0.39 is 5.97 Å². The number of carbonyl (C=O) groups excluding carboxylic acids is 1. The molecule has 0 aromatic heterocycles. The molecule has 0 unspecified atom stereocenters. The van der Waals surface area contributed by atoms with Crippen LogP contribution in [0.25, 0.3) is 0 Å². The molecule has 0 aliphatic heterocycles. The van der Waals surface area contributed by atoms with Crippen LogP contribution in [-0.2, 0) is 11.3 Å². The van der Waals surface area contributed by atoms with Gasteiger partial charge in [-0.15, -0.1) is 0 Å². The number of ether oxygens (including phenoxy) is 2. The number of rotatable bonds is 4. The molecule has 0 aliphatic rings. The van der Waals surface area contributed by atoms with Crippen LogP contribution >= 0.6 is 0 Å². The second-order valence-electron chi connectivity index (χ2n) is 4.02. The fraction of sp³-hybridized carbons (Fsp3) is 0.133. The highest BCUT2D eigenvalue weighted by atomic mass is 16.5. The Morgan fingerprint density at radius 2 is 1.89 bits per heavy atom. The van der Waals surface area contributed by atoms with Gasteiger partial charge in [0.25, 0.3) is 0 Å². The van der Waals surface area contributed by atoms with Gasteiger partial charge in [0.05, 0.1) is 18.4 Å². The molecule has 2 aromatic rings. The van der Waals surface area contributed by atoms with Crippen LogP contribution in [0, 0.1) is 0 Å². The van der Waals surface area contributed by atoms with Crippen molar-refractivity contribution in [3.05, 3.63) is 59.7 Å². The molecule has 4 heteroatoms. The smallest absolute Gasteiger partial charge is 0.337 e. The monoisotopic (exact) mass is 257 g/mol. The van der Waals surface area contributed by atoms with Gasteiger partial charge >= 0.3 is 5.97 Å². The summed E-state index contributed by atoms with van der Waals surface area (Å²) in [5.74, 6) is 0.0660. The second-order valence-corrected chi connectivity index (χ2v) is 4.02. The number of hydrogen-bond donors (Lipinski definition) is 1. The van der Waals surface area contributed by atoms with Crippen molar-refractivity contribution in [1.29, 1.82) is 0 Å². The Morgan fingerprint density at radius 1 is 1.16 bits per heavy atom. The molecule has 98 valence electrons. The van der Waals surface area contributed by atoms with Crippen LogP contribution in [0.15, 0.2) is 48.5 Å². The maximum absolute atomic E-state index is 11.4. The summed E-state index contributed by atoms with van der Waals surface area (Å²) in [6, 6.07) is 14.6. The molecule has 0 radical (unpaired) electrons. The third kappa shape index (κ3) is 3.25. The van der Waals surface area contributed by atoms with Gasteiger partial charge in [-0.3, -0.25) is 0 Å². The normalized spacial score (nSPS) is 9.95. The van der Waals surface area contributed by atoms with Crippen molar-refractivity contribution in [3.8, 4) is 5.75 Å². The largest absolute Gasteiger partial charge is 0.487 e. The maximum Gasteiger partial charge on any atom is 0.337 e. The van der Waals surface area contributed by atoms with Gasteiger partial charge in [0.2, 0.25) is 0 Å². The molecule has 0 atom stereocenters. The van der Waals surface area contributed by atoms with Gasteiger partial charge in [-0.2, -0.15) is 0 Å². The van der Waals surface area contributed by atoms with Crippen molar-refractivity contribution in [1.82, 2.24) is 0 Å². The van der Waals surface area contributed by atoms with Crippen molar-refractivity contribution in [2.45, 2.75) is 6.61 Å². The molecule has 0 aliphatic carbocycles. The van der Waals surface area contributed by atoms with E-state index in [9.17, 15) is 4.79 Å². The van der Waals surface area contributed by atoms with E-state index in [1.165, 1.54) is 7.11 Å². The Morgan fingerprint density at radius 3 is 2.58 bits per heavy atom. The minimum atomic E-state index is -0.412. The maximum atomic E-state index is 11.4. The van der Waals surface area contributed by atoms with Crippen molar-refractivity contribution >= 4 is 11.7 Å². The Labute approximate surface area is 111 Å². The van der Waals surface area contributed by atoms with Gasteiger partial charge < -0.3 is 15.2 Å². The fourth-order valence-corrected chi connectivity index (χ4v) is 1.64. The van der Waals surface area contributed by atoms with E-state index in [2.05, 4.69) is 4.74 Å². The molecular weight excluding hydrogens is 242 g/mol. The van der Waals surface area contributed by atoms with E-state index in [0.717, 1.165) is 5.56 Å². The molecule has 0 saturated carbocycles. The third-order valence-corrected chi connectivity index (χ3v) is 2.67. The van der Waals surface area contributed by atoms with Gasteiger partial charge in [-0.1, -0.05) is 30.3 Å². The summed E-state index contributed by atoms with van der Waals surface area (Å²) in [5.41, 5.74) is 7.76. The molecule has 2 rings (SSSR count). The Kier molecular flexibility index (Phi) is 4.03. The molecule has 0 bridgehead atoms. The summed E-state index contributed by atoms with van der Waals surface area (Å²) in [5, 5.41) is 0. The number of nitrogens with two attached hydrogens (primary N) is 1. The zero-order chi connectivity index (χ0) is 13.7. The van der Waals surface area contributed by atoms with E-state index in [-0.39, 0.29) is 0 Å². The van der Waals surface area contributed by atoms with E-state index in [4.69, 9.17) is 10.5 Å². The highest BCUT2D eigenvalue weighted by Crippen LogP contribution is 2.24. The number of esters is 1. The van der Waals surface area contributed by atoms with Crippen molar-refractivity contribution in [2.75, 3.05) is 12.8 Å². The molecule has 2 N–H and O–H groups in total. The SMILES string of the molecule is COC(=O)c1ccc(N)c(OCc2ccccc2)c1. The minimum absolute atomic E-state index is 0.398. The van der Waals surface area contributed by atoms with Gasteiger partial charge in [0.15, 0.2) is 0 Å². The summed E-state index contributed by atoms with van der Waals surface area (Å²) >= 11 is 0. The van der Waals surface area contributed by atoms with E-state index in [1.807, 2.05) is 30.3 Å². The zero-order valence-electron chi connectivity index (χ0n) is 10.6. The average molecular weight is 257 g/mol. The number of hydrogen-bond acceptors (Lipinski definition) is 4. The quantitative estimate of drug-likeness (QED) is 0.675. The van der Waals surface area contributed by atoms with Crippen LogP contribution in [0.3, 0.4) is 0 Å². The second kappa shape index (κ2) is 5.91. The molecule has 0 saturated heterocycles. The Hall–Kier alpha value is -2.49. The molecule has 2 aromatic carbocycles. The topological polar surface area (TPSA) is 61.5 Å². The number of carbonyl (C=O) groups is 1. The van der Waals surface area contributed by atoms with E-state index in [1.54, 1.807) is 18.2 Å². The van der Waals surface area contributed by atoms with Gasteiger partial charge in [-0.25, -0.2) is 4.79 Å². The number of anilines is 1. The van der Waals surface area contributed by atoms with Gasteiger partial charge in [0.1, 0.15) is 12.4 Å². The first-order chi connectivity index (χ1) is 9.20. The van der Waals surface area contributed by atoms with Crippen LogP contribution in [0.4, 0.5) is 5.69 Å². The van der Waals surface area contributed by atoms with Crippen LogP contribution < -0.4 is 10.5 Å². The van der Waals surface area contributed by atoms with Crippen LogP contribution in [0.1, 0.15) is 15.9 Å². The predicted octanol–water partition coefficient (Wildman–Crippen LogP) is 2.63. The van der Waals surface area contributed by atoms with Gasteiger partial charge in [-0.05, 0) is 23.8 Å². The average Bonchev–Trinajstić information content (AvgIpc) is 2.46. The lowest BCUT2D eigenvalue weighted by atomic mass is 10.2. The molecule has 0 amide bonds. The summed E-state index contributed by atoms with van der Waals surface area (Å²) in [6.07, 6.45) is 0. The molecule has 19 heavy (non-hydrogen) atoms. The summed E-state index contributed by atoms with van der Waals surface area (Å²) in [6.45, 7) is 0.398. The van der Waals surface area contributed by atoms with Crippen molar-refractivity contribution < 1.29 is 14.3 Å². The molecule has 0 spiro atoms. The first-order valence-electron chi connectivity index (χ1n) is 5.85. The molecular formula is C15H15NO3. The highest BCUT2D eigenvalue weighted by molar-refractivity contribution is 5.90. The molecule has 0 heterocycles. The lowest BCUT2D eigenvalue weighted by molar-refractivity contribution is 0.0600.